The van der Waals surface area contributed by atoms with E-state index in [4.69, 9.17) is 0 Å². The van der Waals surface area contributed by atoms with Gasteiger partial charge in [-0.1, -0.05) is 25.8 Å². The minimum Gasteiger partial charge on any atom is -0.389 e. The van der Waals surface area contributed by atoms with Crippen LogP contribution in [0.15, 0.2) is 17.5 Å². The highest BCUT2D eigenvalue weighted by Crippen LogP contribution is 2.40. The van der Waals surface area contributed by atoms with Crippen molar-refractivity contribution in [3.05, 3.63) is 22.4 Å². The number of hydrogen-bond acceptors (Lipinski definition) is 2. The fraction of sp³-hybridized carbons (Fsp3) is 0.667. The Morgan fingerprint density at radius 3 is 3.14 bits per heavy atom. The zero-order chi connectivity index (χ0) is 10.0. The first-order valence-corrected chi connectivity index (χ1v) is 6.37. The molecule has 0 radical (unpaired) electrons. The molecule has 14 heavy (non-hydrogen) atoms. The molecule has 1 nitrogen and oxygen atoms in total. The van der Waals surface area contributed by atoms with Crippen LogP contribution in [0.2, 0.25) is 0 Å². The van der Waals surface area contributed by atoms with Crippen molar-refractivity contribution in [1.29, 1.82) is 0 Å². The summed E-state index contributed by atoms with van der Waals surface area (Å²) in [5.41, 5.74) is -0.403. The van der Waals surface area contributed by atoms with Crippen LogP contribution in [0.5, 0.6) is 0 Å². The number of aliphatic hydroxyl groups is 1. The van der Waals surface area contributed by atoms with Crippen LogP contribution >= 0.6 is 11.3 Å². The second-order valence-corrected chi connectivity index (χ2v) is 5.39. The smallest absolute Gasteiger partial charge is 0.0723 e. The molecule has 1 heterocycles. The van der Waals surface area contributed by atoms with E-state index in [1.165, 1.54) is 17.7 Å². The average molecular weight is 210 g/mol. The lowest BCUT2D eigenvalue weighted by molar-refractivity contribution is 0.00218. The van der Waals surface area contributed by atoms with Crippen LogP contribution in [-0.2, 0) is 6.42 Å². The molecule has 1 fully saturated rings. The van der Waals surface area contributed by atoms with Crippen LogP contribution in [0.25, 0.3) is 0 Å². The maximum Gasteiger partial charge on any atom is 0.0723 e. The molecule has 1 aliphatic carbocycles. The SMILES string of the molecule is CCC1CCCC1(O)Cc1cccs1. The predicted molar refractivity (Wildman–Crippen MR) is 60.6 cm³/mol. The monoisotopic (exact) mass is 210 g/mol. The molecule has 2 atom stereocenters. The third kappa shape index (κ3) is 1.86. The summed E-state index contributed by atoms with van der Waals surface area (Å²) in [6.07, 6.45) is 5.37. The normalized spacial score (nSPS) is 32.3. The molecule has 0 bridgehead atoms. The zero-order valence-electron chi connectivity index (χ0n) is 8.70. The summed E-state index contributed by atoms with van der Waals surface area (Å²) in [6.45, 7) is 2.19. The number of thiophene rings is 1. The van der Waals surface area contributed by atoms with Gasteiger partial charge >= 0.3 is 0 Å². The van der Waals surface area contributed by atoms with Gasteiger partial charge in [-0.25, -0.2) is 0 Å². The van der Waals surface area contributed by atoms with Crippen LogP contribution in [0, 0.1) is 5.92 Å². The van der Waals surface area contributed by atoms with Crippen molar-refractivity contribution in [3.8, 4) is 0 Å². The van der Waals surface area contributed by atoms with Gasteiger partial charge in [-0.3, -0.25) is 0 Å². The summed E-state index contributed by atoms with van der Waals surface area (Å²) >= 11 is 1.76. The standard InChI is InChI=1S/C12H18OS/c1-2-10-5-3-7-12(10,13)9-11-6-4-8-14-11/h4,6,8,10,13H,2-3,5,7,9H2,1H3. The van der Waals surface area contributed by atoms with E-state index in [0.717, 1.165) is 19.3 Å². The van der Waals surface area contributed by atoms with Crippen LogP contribution in [-0.4, -0.2) is 10.7 Å². The Morgan fingerprint density at radius 2 is 2.50 bits per heavy atom. The molecule has 1 aromatic rings. The van der Waals surface area contributed by atoms with E-state index >= 15 is 0 Å². The molecule has 0 amide bonds. The second-order valence-electron chi connectivity index (χ2n) is 4.36. The van der Waals surface area contributed by atoms with Crippen molar-refractivity contribution < 1.29 is 5.11 Å². The van der Waals surface area contributed by atoms with Crippen molar-refractivity contribution in [2.24, 2.45) is 5.92 Å². The third-order valence-electron chi connectivity index (χ3n) is 3.48. The fourth-order valence-electron chi connectivity index (χ4n) is 2.66. The second kappa shape index (κ2) is 4.03. The highest BCUT2D eigenvalue weighted by atomic mass is 32.1. The maximum absolute atomic E-state index is 10.5. The Kier molecular flexibility index (Phi) is 2.93. The van der Waals surface area contributed by atoms with Gasteiger partial charge in [0.15, 0.2) is 0 Å². The summed E-state index contributed by atoms with van der Waals surface area (Å²) in [7, 11) is 0. The van der Waals surface area contributed by atoms with E-state index in [0.29, 0.717) is 5.92 Å². The van der Waals surface area contributed by atoms with E-state index in [2.05, 4.69) is 24.4 Å². The quantitative estimate of drug-likeness (QED) is 0.812. The van der Waals surface area contributed by atoms with E-state index in [1.54, 1.807) is 11.3 Å². The topological polar surface area (TPSA) is 20.2 Å². The lowest BCUT2D eigenvalue weighted by Crippen LogP contribution is -2.34. The van der Waals surface area contributed by atoms with Crippen LogP contribution in [0.3, 0.4) is 0 Å². The van der Waals surface area contributed by atoms with E-state index in [-0.39, 0.29) is 0 Å². The molecular formula is C12H18OS. The molecule has 2 unspecified atom stereocenters. The van der Waals surface area contributed by atoms with Crippen LogP contribution < -0.4 is 0 Å². The largest absolute Gasteiger partial charge is 0.389 e. The van der Waals surface area contributed by atoms with Gasteiger partial charge < -0.3 is 5.11 Å². The summed E-state index contributed by atoms with van der Waals surface area (Å²) in [6, 6.07) is 4.20. The minimum absolute atomic E-state index is 0.403. The highest BCUT2D eigenvalue weighted by Gasteiger charge is 2.39. The molecular weight excluding hydrogens is 192 g/mol. The Labute approximate surface area is 89.8 Å². The van der Waals surface area contributed by atoms with Gasteiger partial charge in [0.2, 0.25) is 0 Å². The van der Waals surface area contributed by atoms with Gasteiger partial charge in [-0.15, -0.1) is 11.3 Å². The van der Waals surface area contributed by atoms with E-state index < -0.39 is 5.60 Å². The van der Waals surface area contributed by atoms with Gasteiger partial charge in [0.25, 0.3) is 0 Å². The highest BCUT2D eigenvalue weighted by molar-refractivity contribution is 7.09. The predicted octanol–water partition coefficient (Wildman–Crippen LogP) is 3.23. The molecule has 1 aromatic heterocycles. The third-order valence-corrected chi connectivity index (χ3v) is 4.35. The van der Waals surface area contributed by atoms with Gasteiger partial charge in [-0.2, -0.15) is 0 Å². The van der Waals surface area contributed by atoms with Crippen molar-refractivity contribution in [3.63, 3.8) is 0 Å². The Balaban J connectivity index is 2.08. The summed E-state index contributed by atoms with van der Waals surface area (Å²) in [5, 5.41) is 12.6. The maximum atomic E-state index is 10.5. The van der Waals surface area contributed by atoms with E-state index in [1.807, 2.05) is 0 Å². The van der Waals surface area contributed by atoms with Crippen LogP contribution in [0.4, 0.5) is 0 Å². The lowest BCUT2D eigenvalue weighted by Gasteiger charge is -2.29. The van der Waals surface area contributed by atoms with Crippen molar-refractivity contribution >= 4 is 11.3 Å². The molecule has 0 saturated heterocycles. The van der Waals surface area contributed by atoms with Gasteiger partial charge in [-0.05, 0) is 30.2 Å². The van der Waals surface area contributed by atoms with Gasteiger partial charge in [0, 0.05) is 11.3 Å². The lowest BCUT2D eigenvalue weighted by atomic mass is 9.85. The van der Waals surface area contributed by atoms with Crippen molar-refractivity contribution in [1.82, 2.24) is 0 Å². The molecule has 1 N–H and O–H groups in total. The first kappa shape index (κ1) is 10.2. The van der Waals surface area contributed by atoms with Crippen molar-refractivity contribution in [2.75, 3.05) is 0 Å². The Morgan fingerprint density at radius 1 is 1.64 bits per heavy atom. The Hall–Kier alpha value is -0.340. The van der Waals surface area contributed by atoms with Crippen molar-refractivity contribution in [2.45, 2.75) is 44.6 Å². The van der Waals surface area contributed by atoms with E-state index in [9.17, 15) is 5.11 Å². The van der Waals surface area contributed by atoms with Crippen LogP contribution in [0.1, 0.15) is 37.5 Å². The molecule has 78 valence electrons. The Bertz CT molecular complexity index is 281. The molecule has 0 aromatic carbocycles. The first-order chi connectivity index (χ1) is 6.74. The summed E-state index contributed by atoms with van der Waals surface area (Å²) in [4.78, 5) is 1.33. The van der Waals surface area contributed by atoms with Gasteiger partial charge in [0.1, 0.15) is 0 Å². The molecule has 0 spiro atoms. The number of hydrogen-bond donors (Lipinski definition) is 1. The van der Waals surface area contributed by atoms with Gasteiger partial charge in [0.05, 0.1) is 5.60 Å². The molecule has 1 saturated carbocycles. The average Bonchev–Trinajstić information content (AvgIpc) is 2.75. The molecule has 1 aliphatic rings. The minimum atomic E-state index is -0.403. The molecule has 0 aliphatic heterocycles. The fourth-order valence-corrected chi connectivity index (χ4v) is 3.48. The molecule has 2 heteroatoms. The number of rotatable bonds is 3. The summed E-state index contributed by atoms with van der Waals surface area (Å²) < 4.78 is 0. The summed E-state index contributed by atoms with van der Waals surface area (Å²) in [5.74, 6) is 0.518. The molecule has 2 rings (SSSR count). The first-order valence-electron chi connectivity index (χ1n) is 5.49. The zero-order valence-corrected chi connectivity index (χ0v) is 9.52.